The lowest BCUT2D eigenvalue weighted by Gasteiger charge is -2.43. The average molecular weight is 288 g/mol. The van der Waals surface area contributed by atoms with Gasteiger partial charge in [-0.3, -0.25) is 9.59 Å². The van der Waals surface area contributed by atoms with Crippen molar-refractivity contribution in [3.05, 3.63) is 34.2 Å². The summed E-state index contributed by atoms with van der Waals surface area (Å²) in [6.07, 6.45) is 2.94. The first-order chi connectivity index (χ1) is 10.1. The van der Waals surface area contributed by atoms with Crippen LogP contribution in [0.4, 0.5) is 0 Å². The van der Waals surface area contributed by atoms with Crippen LogP contribution >= 0.6 is 0 Å². The predicted molar refractivity (Wildman–Crippen MR) is 82.2 cm³/mol. The molecule has 0 aromatic carbocycles. The zero-order valence-corrected chi connectivity index (χ0v) is 12.9. The summed E-state index contributed by atoms with van der Waals surface area (Å²) in [4.78, 5) is 26.7. The Morgan fingerprint density at radius 1 is 1.24 bits per heavy atom. The van der Waals surface area contributed by atoms with Gasteiger partial charge in [-0.15, -0.1) is 0 Å². The van der Waals surface area contributed by atoms with Gasteiger partial charge in [-0.2, -0.15) is 0 Å². The average Bonchev–Trinajstić information content (AvgIpc) is 2.49. The van der Waals surface area contributed by atoms with Crippen LogP contribution in [0.5, 0.6) is 0 Å². The van der Waals surface area contributed by atoms with Crippen LogP contribution in [0.1, 0.15) is 44.7 Å². The highest BCUT2D eigenvalue weighted by molar-refractivity contribution is 5.79. The first-order valence-electron chi connectivity index (χ1n) is 8.12. The van der Waals surface area contributed by atoms with Gasteiger partial charge in [0.15, 0.2) is 0 Å². The minimum Gasteiger partial charge on any atom is -0.341 e. The Morgan fingerprint density at radius 3 is 2.71 bits per heavy atom. The Kier molecular flexibility index (Phi) is 3.87. The monoisotopic (exact) mass is 288 g/mol. The van der Waals surface area contributed by atoms with E-state index in [4.69, 9.17) is 0 Å². The Morgan fingerprint density at radius 2 is 2.00 bits per heavy atom. The molecule has 1 saturated heterocycles. The van der Waals surface area contributed by atoms with Crippen LogP contribution in [0.15, 0.2) is 23.0 Å². The van der Waals surface area contributed by atoms with Gasteiger partial charge in [0.25, 0.3) is 5.56 Å². The number of nitrogens with zero attached hydrogens (tertiary/aromatic N) is 2. The maximum absolute atomic E-state index is 12.6. The second-order valence-electron chi connectivity index (χ2n) is 6.45. The fourth-order valence-corrected chi connectivity index (χ4v) is 3.97. The van der Waals surface area contributed by atoms with Crippen LogP contribution in [0, 0.1) is 11.8 Å². The molecule has 0 saturated carbocycles. The molecule has 21 heavy (non-hydrogen) atoms. The van der Waals surface area contributed by atoms with E-state index in [1.165, 1.54) is 0 Å². The van der Waals surface area contributed by atoms with Crippen molar-refractivity contribution in [1.82, 2.24) is 9.47 Å². The van der Waals surface area contributed by atoms with Crippen molar-refractivity contribution >= 4 is 5.91 Å². The number of amides is 1. The van der Waals surface area contributed by atoms with Crippen LogP contribution in [0.2, 0.25) is 0 Å². The van der Waals surface area contributed by atoms with Gasteiger partial charge in [-0.25, -0.2) is 0 Å². The SMILES string of the molecule is CCC(CC)C(=O)N1CC2CC(C1)c1cccc(=O)n1C2. The largest absolute Gasteiger partial charge is 0.341 e. The van der Waals surface area contributed by atoms with E-state index in [1.54, 1.807) is 6.07 Å². The van der Waals surface area contributed by atoms with Gasteiger partial charge in [-0.1, -0.05) is 19.9 Å². The highest BCUT2D eigenvalue weighted by Gasteiger charge is 2.37. The van der Waals surface area contributed by atoms with E-state index in [-0.39, 0.29) is 11.5 Å². The Hall–Kier alpha value is -1.58. The highest BCUT2D eigenvalue weighted by Crippen LogP contribution is 2.35. The van der Waals surface area contributed by atoms with E-state index in [2.05, 4.69) is 18.7 Å². The third kappa shape index (κ3) is 2.52. The molecule has 2 aliphatic heterocycles. The Balaban J connectivity index is 1.85. The number of carbonyl (C=O) groups is 1. The topological polar surface area (TPSA) is 42.3 Å². The van der Waals surface area contributed by atoms with E-state index in [0.29, 0.717) is 17.7 Å². The number of aromatic nitrogens is 1. The zero-order valence-electron chi connectivity index (χ0n) is 12.9. The van der Waals surface area contributed by atoms with Gasteiger partial charge >= 0.3 is 0 Å². The molecule has 2 aliphatic rings. The Labute approximate surface area is 125 Å². The summed E-state index contributed by atoms with van der Waals surface area (Å²) in [5.74, 6) is 1.21. The van der Waals surface area contributed by atoms with Gasteiger partial charge in [0.2, 0.25) is 5.91 Å². The van der Waals surface area contributed by atoms with E-state index >= 15 is 0 Å². The van der Waals surface area contributed by atoms with Crippen molar-refractivity contribution in [1.29, 1.82) is 0 Å². The van der Waals surface area contributed by atoms with E-state index < -0.39 is 0 Å². The summed E-state index contributed by atoms with van der Waals surface area (Å²) in [6, 6.07) is 5.53. The van der Waals surface area contributed by atoms with Crippen molar-refractivity contribution in [2.75, 3.05) is 13.1 Å². The minimum absolute atomic E-state index is 0.0990. The summed E-state index contributed by atoms with van der Waals surface area (Å²) in [5.41, 5.74) is 1.21. The van der Waals surface area contributed by atoms with Gasteiger partial charge < -0.3 is 9.47 Å². The molecule has 0 aliphatic carbocycles. The number of likely N-dealkylation sites (tertiary alicyclic amines) is 1. The van der Waals surface area contributed by atoms with Crippen LogP contribution in [-0.2, 0) is 11.3 Å². The lowest BCUT2D eigenvalue weighted by molar-refractivity contribution is -0.138. The van der Waals surface area contributed by atoms with Gasteiger partial charge in [0.05, 0.1) is 0 Å². The van der Waals surface area contributed by atoms with E-state index in [9.17, 15) is 9.59 Å². The number of rotatable bonds is 3. The molecule has 1 aromatic heterocycles. The highest BCUT2D eigenvalue weighted by atomic mass is 16.2. The minimum atomic E-state index is 0.0990. The first kappa shape index (κ1) is 14.4. The maximum Gasteiger partial charge on any atom is 0.250 e. The van der Waals surface area contributed by atoms with Gasteiger partial charge in [0, 0.05) is 43.2 Å². The van der Waals surface area contributed by atoms with E-state index in [0.717, 1.165) is 44.6 Å². The van der Waals surface area contributed by atoms with Crippen molar-refractivity contribution in [2.24, 2.45) is 11.8 Å². The standard InChI is InChI=1S/C17H24N2O2/c1-3-13(4-2)17(21)18-9-12-8-14(11-18)15-6-5-7-16(20)19(15)10-12/h5-7,12-14H,3-4,8-11H2,1-2H3. The number of fused-ring (bicyclic) bond motifs is 4. The van der Waals surface area contributed by atoms with Crippen LogP contribution < -0.4 is 5.56 Å². The second kappa shape index (κ2) is 5.66. The van der Waals surface area contributed by atoms with Crippen LogP contribution in [0.25, 0.3) is 0 Å². The number of pyridine rings is 1. The van der Waals surface area contributed by atoms with Crippen molar-refractivity contribution in [3.63, 3.8) is 0 Å². The lowest BCUT2D eigenvalue weighted by Crippen LogP contribution is -2.50. The summed E-state index contributed by atoms with van der Waals surface area (Å²) < 4.78 is 1.91. The summed E-state index contributed by atoms with van der Waals surface area (Å²) >= 11 is 0. The molecule has 0 N–H and O–H groups in total. The molecule has 114 valence electrons. The van der Waals surface area contributed by atoms with Crippen molar-refractivity contribution in [3.8, 4) is 0 Å². The lowest BCUT2D eigenvalue weighted by atomic mass is 9.82. The summed E-state index contributed by atoms with van der Waals surface area (Å²) in [5, 5.41) is 0. The molecule has 4 nitrogen and oxygen atoms in total. The molecular formula is C17H24N2O2. The number of piperidine rings is 1. The molecule has 3 rings (SSSR count). The molecule has 2 bridgehead atoms. The van der Waals surface area contributed by atoms with Crippen molar-refractivity contribution < 1.29 is 4.79 Å². The molecule has 0 radical (unpaired) electrons. The van der Waals surface area contributed by atoms with Gasteiger partial charge in [-0.05, 0) is 31.2 Å². The number of hydrogen-bond donors (Lipinski definition) is 0. The van der Waals surface area contributed by atoms with E-state index in [1.807, 2.05) is 16.7 Å². The smallest absolute Gasteiger partial charge is 0.250 e. The molecule has 1 amide bonds. The van der Waals surface area contributed by atoms with Crippen LogP contribution in [0.3, 0.4) is 0 Å². The number of carbonyl (C=O) groups excluding carboxylic acids is 1. The van der Waals surface area contributed by atoms with Gasteiger partial charge in [0.1, 0.15) is 0 Å². The first-order valence-corrected chi connectivity index (χ1v) is 8.12. The fraction of sp³-hybridized carbons (Fsp3) is 0.647. The molecule has 1 fully saturated rings. The second-order valence-corrected chi connectivity index (χ2v) is 6.45. The third-order valence-corrected chi connectivity index (χ3v) is 5.13. The molecule has 2 unspecified atom stereocenters. The molecule has 3 heterocycles. The zero-order chi connectivity index (χ0) is 15.0. The summed E-state index contributed by atoms with van der Waals surface area (Å²) in [6.45, 7) is 6.53. The Bertz CT molecular complexity index is 589. The quantitative estimate of drug-likeness (QED) is 0.856. The van der Waals surface area contributed by atoms with Crippen molar-refractivity contribution in [2.45, 2.75) is 45.6 Å². The molecule has 4 heteroatoms. The molecule has 1 aromatic rings. The van der Waals surface area contributed by atoms with Crippen LogP contribution in [-0.4, -0.2) is 28.5 Å². The summed E-state index contributed by atoms with van der Waals surface area (Å²) in [7, 11) is 0. The molecule has 2 atom stereocenters. The molecule has 0 spiro atoms. The fourth-order valence-electron chi connectivity index (χ4n) is 3.97. The normalized spacial score (nSPS) is 24.0. The molecular weight excluding hydrogens is 264 g/mol. The maximum atomic E-state index is 12.6. The predicted octanol–water partition coefficient (Wildman–Crippen LogP) is 2.23. The number of hydrogen-bond acceptors (Lipinski definition) is 2. The third-order valence-electron chi connectivity index (χ3n) is 5.13.